The molecule has 1 aromatic heterocycles. The smallest absolute Gasteiger partial charge is 0.349 e. The monoisotopic (exact) mass is 389 g/mol. The largest absolute Gasteiger partial charge is 0.478 e. The van der Waals surface area contributed by atoms with Gasteiger partial charge in [-0.15, -0.1) is 0 Å². The van der Waals surface area contributed by atoms with Crippen LogP contribution in [0, 0.1) is 11.3 Å². The topological polar surface area (TPSA) is 101 Å². The van der Waals surface area contributed by atoms with E-state index in [0.29, 0.717) is 15.8 Å². The van der Waals surface area contributed by atoms with E-state index < -0.39 is 11.9 Å². The Hall–Kier alpha value is -2.85. The third-order valence-corrected chi connectivity index (χ3v) is 3.50. The minimum Gasteiger partial charge on any atom is -0.478 e. The molecule has 0 aliphatic rings. The van der Waals surface area contributed by atoms with Crippen LogP contribution in [-0.2, 0) is 9.53 Å². The van der Waals surface area contributed by atoms with Crippen molar-refractivity contribution < 1.29 is 23.8 Å². The number of rotatable bonds is 5. The number of nitriles is 1. The summed E-state index contributed by atoms with van der Waals surface area (Å²) in [6.07, 6.45) is 1.25. The van der Waals surface area contributed by atoms with Crippen LogP contribution in [0.5, 0.6) is 0 Å². The first-order valence-corrected chi connectivity index (χ1v) is 7.67. The summed E-state index contributed by atoms with van der Waals surface area (Å²) in [6.45, 7) is 1.79. The number of nitrogens with zero attached hydrogens (tertiary/aromatic N) is 1. The van der Waals surface area contributed by atoms with Crippen LogP contribution in [0.4, 0.5) is 0 Å². The number of carbonyl (C=O) groups is 2. The molecule has 0 aliphatic heterocycles. The van der Waals surface area contributed by atoms with Gasteiger partial charge in [0.05, 0.1) is 12.2 Å². The summed E-state index contributed by atoms with van der Waals surface area (Å²) in [5.74, 6) is -1.28. The molecular formula is C17H12BrNO5. The second-order valence-electron chi connectivity index (χ2n) is 4.59. The fraction of sp³-hybridized carbons (Fsp3) is 0.118. The molecular weight excluding hydrogens is 378 g/mol. The highest BCUT2D eigenvalue weighted by atomic mass is 79.9. The summed E-state index contributed by atoms with van der Waals surface area (Å²) < 4.78 is 10.9. The lowest BCUT2D eigenvalue weighted by atomic mass is 10.1. The van der Waals surface area contributed by atoms with E-state index in [1.807, 2.05) is 0 Å². The number of esters is 1. The normalized spacial score (nSPS) is 11.0. The van der Waals surface area contributed by atoms with Gasteiger partial charge in [-0.25, -0.2) is 9.59 Å². The van der Waals surface area contributed by atoms with Crippen LogP contribution in [0.15, 0.2) is 44.8 Å². The Bertz CT molecular complexity index is 860. The minimum atomic E-state index is -1.09. The van der Waals surface area contributed by atoms with Crippen molar-refractivity contribution in [3.05, 3.63) is 51.7 Å². The van der Waals surface area contributed by atoms with E-state index in [4.69, 9.17) is 14.4 Å². The summed E-state index contributed by atoms with van der Waals surface area (Å²) in [6, 6.07) is 9.63. The van der Waals surface area contributed by atoms with Crippen LogP contribution in [0.2, 0.25) is 0 Å². The highest BCUT2D eigenvalue weighted by molar-refractivity contribution is 9.10. The molecule has 0 amide bonds. The van der Waals surface area contributed by atoms with E-state index in [-0.39, 0.29) is 23.5 Å². The van der Waals surface area contributed by atoms with Crippen LogP contribution in [-0.4, -0.2) is 23.7 Å². The third-order valence-electron chi connectivity index (χ3n) is 3.01. The van der Waals surface area contributed by atoms with Crippen molar-refractivity contribution >= 4 is 33.9 Å². The standard InChI is InChI=1S/C17H12BrNO5/c1-2-23-17(22)10(9-19)7-12-4-6-15(24-12)13-5-3-11(18)8-14(13)16(20)21/h3-8H,2H2,1H3,(H,20,21)/b10-7+. The first-order valence-electron chi connectivity index (χ1n) is 6.88. The average Bonchev–Trinajstić information content (AvgIpc) is 3.01. The number of hydrogen-bond donors (Lipinski definition) is 1. The Morgan fingerprint density at radius 2 is 2.12 bits per heavy atom. The van der Waals surface area contributed by atoms with Gasteiger partial charge in [0.15, 0.2) is 0 Å². The van der Waals surface area contributed by atoms with Gasteiger partial charge in [0, 0.05) is 16.1 Å². The zero-order chi connectivity index (χ0) is 17.7. The molecule has 24 heavy (non-hydrogen) atoms. The molecule has 0 atom stereocenters. The van der Waals surface area contributed by atoms with Crippen LogP contribution in [0.25, 0.3) is 17.4 Å². The van der Waals surface area contributed by atoms with Crippen molar-refractivity contribution in [1.82, 2.24) is 0 Å². The predicted octanol–water partition coefficient (Wildman–Crippen LogP) is 3.88. The highest BCUT2D eigenvalue weighted by Gasteiger charge is 2.16. The van der Waals surface area contributed by atoms with Crippen molar-refractivity contribution in [2.45, 2.75) is 6.92 Å². The lowest BCUT2D eigenvalue weighted by Crippen LogP contribution is -2.05. The molecule has 6 nitrogen and oxygen atoms in total. The lowest BCUT2D eigenvalue weighted by Gasteiger charge is -2.03. The van der Waals surface area contributed by atoms with Crippen LogP contribution in [0.3, 0.4) is 0 Å². The Labute approximate surface area is 146 Å². The molecule has 0 saturated heterocycles. The average molecular weight is 390 g/mol. The van der Waals surface area contributed by atoms with Gasteiger partial charge in [-0.1, -0.05) is 15.9 Å². The molecule has 122 valence electrons. The van der Waals surface area contributed by atoms with E-state index in [1.165, 1.54) is 12.1 Å². The molecule has 7 heteroatoms. The number of hydrogen-bond acceptors (Lipinski definition) is 5. The Kier molecular flexibility index (Phi) is 5.55. The number of halogens is 1. The van der Waals surface area contributed by atoms with Gasteiger partial charge >= 0.3 is 11.9 Å². The number of furan rings is 1. The van der Waals surface area contributed by atoms with Gasteiger partial charge in [-0.05, 0) is 37.3 Å². The SMILES string of the molecule is CCOC(=O)/C(C#N)=C/c1ccc(-c2ccc(Br)cc2C(=O)O)o1. The van der Waals surface area contributed by atoms with Crippen molar-refractivity contribution in [3.63, 3.8) is 0 Å². The van der Waals surface area contributed by atoms with E-state index in [1.54, 1.807) is 37.3 Å². The summed E-state index contributed by atoms with van der Waals surface area (Å²) >= 11 is 3.22. The first-order chi connectivity index (χ1) is 11.5. The maximum Gasteiger partial charge on any atom is 0.349 e. The highest BCUT2D eigenvalue weighted by Crippen LogP contribution is 2.29. The van der Waals surface area contributed by atoms with E-state index >= 15 is 0 Å². The molecule has 2 aromatic rings. The molecule has 0 bridgehead atoms. The summed E-state index contributed by atoms with van der Waals surface area (Å²) in [5.41, 5.74) is 0.257. The van der Waals surface area contributed by atoms with Crippen LogP contribution < -0.4 is 0 Å². The van der Waals surface area contributed by atoms with Crippen molar-refractivity contribution in [2.24, 2.45) is 0 Å². The maximum absolute atomic E-state index is 11.6. The van der Waals surface area contributed by atoms with E-state index in [9.17, 15) is 14.7 Å². The molecule has 2 rings (SSSR count). The molecule has 0 radical (unpaired) electrons. The van der Waals surface area contributed by atoms with Crippen LogP contribution in [0.1, 0.15) is 23.0 Å². The molecule has 0 spiro atoms. The van der Waals surface area contributed by atoms with Gasteiger partial charge in [-0.2, -0.15) is 5.26 Å². The zero-order valence-electron chi connectivity index (χ0n) is 12.6. The molecule has 0 aliphatic carbocycles. The van der Waals surface area contributed by atoms with Gasteiger partial charge in [0.25, 0.3) is 0 Å². The number of carboxylic acid groups (broad SMARTS) is 1. The number of aromatic carboxylic acids is 1. The van der Waals surface area contributed by atoms with Crippen molar-refractivity contribution in [3.8, 4) is 17.4 Å². The summed E-state index contributed by atoms with van der Waals surface area (Å²) in [7, 11) is 0. The lowest BCUT2D eigenvalue weighted by molar-refractivity contribution is -0.137. The zero-order valence-corrected chi connectivity index (χ0v) is 14.2. The molecule has 0 saturated carbocycles. The molecule has 0 unspecified atom stereocenters. The second-order valence-corrected chi connectivity index (χ2v) is 5.50. The molecule has 1 heterocycles. The van der Waals surface area contributed by atoms with Gasteiger partial charge in [0.1, 0.15) is 23.2 Å². The molecule has 0 fully saturated rings. The van der Waals surface area contributed by atoms with Crippen LogP contribution >= 0.6 is 15.9 Å². The Morgan fingerprint density at radius 3 is 2.75 bits per heavy atom. The Balaban J connectivity index is 2.40. The minimum absolute atomic E-state index is 0.0696. The summed E-state index contributed by atoms with van der Waals surface area (Å²) in [4.78, 5) is 23.0. The van der Waals surface area contributed by atoms with Crippen molar-refractivity contribution in [1.29, 1.82) is 5.26 Å². The second kappa shape index (κ2) is 7.62. The summed E-state index contributed by atoms with van der Waals surface area (Å²) in [5, 5.41) is 18.3. The Morgan fingerprint density at radius 1 is 1.38 bits per heavy atom. The first kappa shape index (κ1) is 17.5. The number of carboxylic acids is 1. The number of ether oxygens (including phenoxy) is 1. The fourth-order valence-electron chi connectivity index (χ4n) is 1.97. The van der Waals surface area contributed by atoms with E-state index in [2.05, 4.69) is 15.9 Å². The number of carbonyl (C=O) groups excluding carboxylic acids is 1. The van der Waals surface area contributed by atoms with Gasteiger partial charge in [-0.3, -0.25) is 0 Å². The van der Waals surface area contributed by atoms with Gasteiger partial charge < -0.3 is 14.3 Å². The maximum atomic E-state index is 11.6. The van der Waals surface area contributed by atoms with Gasteiger partial charge in [0.2, 0.25) is 0 Å². The molecule has 1 N–H and O–H groups in total. The van der Waals surface area contributed by atoms with Crippen molar-refractivity contribution in [2.75, 3.05) is 6.61 Å². The number of benzene rings is 1. The third kappa shape index (κ3) is 3.91. The predicted molar refractivity (Wildman–Crippen MR) is 89.0 cm³/mol. The van der Waals surface area contributed by atoms with E-state index in [0.717, 1.165) is 0 Å². The molecule has 1 aromatic carbocycles. The quantitative estimate of drug-likeness (QED) is 0.473. The fourth-order valence-corrected chi connectivity index (χ4v) is 2.33.